The summed E-state index contributed by atoms with van der Waals surface area (Å²) in [5.41, 5.74) is 0.732. The summed E-state index contributed by atoms with van der Waals surface area (Å²) in [6.45, 7) is 8.69. The number of amides is 1. The molecule has 1 unspecified atom stereocenters. The fourth-order valence-corrected chi connectivity index (χ4v) is 4.31. The van der Waals surface area contributed by atoms with Crippen molar-refractivity contribution >= 4 is 28.3 Å². The molecule has 1 aliphatic heterocycles. The van der Waals surface area contributed by atoms with Gasteiger partial charge in [0.25, 0.3) is 0 Å². The molecule has 1 amide bonds. The maximum Gasteiger partial charge on any atom is 0.416 e. The SMILES string of the molecule is COc1cc2c(NC(C)c3cc(NC(C)=O)cc(C(F)(F)F)c3)nc(C)nc2c2c1OC(C)(C)C2. The molecule has 0 aliphatic carbocycles. The van der Waals surface area contributed by atoms with Gasteiger partial charge in [0.15, 0.2) is 11.5 Å². The highest BCUT2D eigenvalue weighted by molar-refractivity contribution is 5.95. The van der Waals surface area contributed by atoms with Gasteiger partial charge in [0.2, 0.25) is 5.91 Å². The average Bonchev–Trinajstić information content (AvgIpc) is 3.07. The Morgan fingerprint density at radius 2 is 1.91 bits per heavy atom. The fraction of sp³-hybridized carbons (Fsp3) is 0.400. The topological polar surface area (TPSA) is 85.4 Å². The van der Waals surface area contributed by atoms with E-state index in [1.165, 1.54) is 13.0 Å². The van der Waals surface area contributed by atoms with Gasteiger partial charge in [0, 0.05) is 30.0 Å². The van der Waals surface area contributed by atoms with Crippen LogP contribution in [0.3, 0.4) is 0 Å². The second kappa shape index (κ2) is 8.58. The molecule has 0 radical (unpaired) electrons. The summed E-state index contributed by atoms with van der Waals surface area (Å²) in [5.74, 6) is 1.68. The van der Waals surface area contributed by atoms with E-state index in [4.69, 9.17) is 9.47 Å². The standard InChI is InChI=1S/C25H27F3N4O3/c1-12(15-7-16(25(26,27)28)9-17(8-15)32-14(3)33)29-23-18-10-20(34-6)22-19(11-24(4,5)35-22)21(18)30-13(2)31-23/h7-10,12H,11H2,1-6H3,(H,32,33)(H,29,30,31). The molecule has 7 nitrogen and oxygen atoms in total. The van der Waals surface area contributed by atoms with Crippen molar-refractivity contribution in [2.45, 2.75) is 58.9 Å². The molecule has 1 aliphatic rings. The Morgan fingerprint density at radius 1 is 1.20 bits per heavy atom. The van der Waals surface area contributed by atoms with Crippen molar-refractivity contribution in [3.63, 3.8) is 0 Å². The van der Waals surface area contributed by atoms with E-state index < -0.39 is 29.3 Å². The highest BCUT2D eigenvalue weighted by Crippen LogP contribution is 2.47. The van der Waals surface area contributed by atoms with E-state index >= 15 is 0 Å². The third kappa shape index (κ3) is 4.96. The minimum Gasteiger partial charge on any atom is -0.493 e. The van der Waals surface area contributed by atoms with Crippen LogP contribution < -0.4 is 20.1 Å². The number of carbonyl (C=O) groups is 1. The zero-order chi connectivity index (χ0) is 25.7. The van der Waals surface area contributed by atoms with Gasteiger partial charge in [0.1, 0.15) is 17.2 Å². The molecule has 4 rings (SSSR count). The number of rotatable bonds is 5. The number of halogens is 3. The number of hydrogen-bond donors (Lipinski definition) is 2. The number of methoxy groups -OCH3 is 1. The summed E-state index contributed by atoms with van der Waals surface area (Å²) in [5, 5.41) is 6.35. The van der Waals surface area contributed by atoms with Gasteiger partial charge < -0.3 is 20.1 Å². The molecule has 2 heterocycles. The Bertz CT molecular complexity index is 1320. The lowest BCUT2D eigenvalue weighted by Crippen LogP contribution is -2.24. The molecule has 0 bridgehead atoms. The van der Waals surface area contributed by atoms with Crippen LogP contribution in [0.25, 0.3) is 10.9 Å². The van der Waals surface area contributed by atoms with Crippen molar-refractivity contribution in [3.05, 3.63) is 46.8 Å². The van der Waals surface area contributed by atoms with Gasteiger partial charge in [-0.25, -0.2) is 9.97 Å². The minimum absolute atomic E-state index is 0.0681. The zero-order valence-corrected chi connectivity index (χ0v) is 20.3. The molecule has 3 aromatic rings. The smallest absolute Gasteiger partial charge is 0.416 e. The van der Waals surface area contributed by atoms with Crippen molar-refractivity contribution in [1.82, 2.24) is 9.97 Å². The summed E-state index contributed by atoms with van der Waals surface area (Å²) in [4.78, 5) is 20.7. The van der Waals surface area contributed by atoms with Crippen LogP contribution >= 0.6 is 0 Å². The van der Waals surface area contributed by atoms with E-state index in [9.17, 15) is 18.0 Å². The molecule has 186 valence electrons. The number of hydrogen-bond acceptors (Lipinski definition) is 6. The van der Waals surface area contributed by atoms with Crippen LogP contribution in [-0.4, -0.2) is 28.6 Å². The lowest BCUT2D eigenvalue weighted by Gasteiger charge is -2.20. The number of benzene rings is 2. The van der Waals surface area contributed by atoms with Crippen LogP contribution in [0, 0.1) is 6.92 Å². The van der Waals surface area contributed by atoms with Crippen LogP contribution in [0.15, 0.2) is 24.3 Å². The predicted molar refractivity (Wildman–Crippen MR) is 127 cm³/mol. The zero-order valence-electron chi connectivity index (χ0n) is 20.3. The molecule has 0 saturated heterocycles. The summed E-state index contributed by atoms with van der Waals surface area (Å²) in [6, 6.07) is 4.69. The average molecular weight is 489 g/mol. The van der Waals surface area contributed by atoms with Crippen LogP contribution in [-0.2, 0) is 17.4 Å². The molecule has 10 heteroatoms. The van der Waals surface area contributed by atoms with Crippen molar-refractivity contribution < 1.29 is 27.4 Å². The Hall–Kier alpha value is -3.56. The van der Waals surface area contributed by atoms with E-state index in [-0.39, 0.29) is 5.69 Å². The van der Waals surface area contributed by atoms with E-state index in [0.29, 0.717) is 46.0 Å². The van der Waals surface area contributed by atoms with Crippen molar-refractivity contribution in [2.75, 3.05) is 17.7 Å². The van der Waals surface area contributed by atoms with Gasteiger partial charge in [0.05, 0.1) is 24.2 Å². The lowest BCUT2D eigenvalue weighted by molar-refractivity contribution is -0.137. The molecule has 0 spiro atoms. The van der Waals surface area contributed by atoms with Crippen molar-refractivity contribution in [3.8, 4) is 11.5 Å². The number of nitrogens with one attached hydrogen (secondary N) is 2. The van der Waals surface area contributed by atoms with E-state index in [1.807, 2.05) is 13.8 Å². The first kappa shape index (κ1) is 24.6. The first-order valence-corrected chi connectivity index (χ1v) is 11.1. The van der Waals surface area contributed by atoms with Crippen LogP contribution in [0.2, 0.25) is 0 Å². The number of nitrogens with zero attached hydrogens (tertiary/aromatic N) is 2. The van der Waals surface area contributed by atoms with Gasteiger partial charge in [-0.1, -0.05) is 0 Å². The molecule has 0 saturated carbocycles. The molecule has 35 heavy (non-hydrogen) atoms. The fourth-order valence-electron chi connectivity index (χ4n) is 4.31. The highest BCUT2D eigenvalue weighted by atomic mass is 19.4. The number of aryl methyl sites for hydroxylation is 1. The molecular formula is C25H27F3N4O3. The van der Waals surface area contributed by atoms with E-state index in [2.05, 4.69) is 20.6 Å². The molecule has 1 atom stereocenters. The summed E-state index contributed by atoms with van der Waals surface area (Å²) < 4.78 is 52.3. The summed E-state index contributed by atoms with van der Waals surface area (Å²) >= 11 is 0. The van der Waals surface area contributed by atoms with E-state index in [1.54, 1.807) is 27.0 Å². The van der Waals surface area contributed by atoms with Gasteiger partial charge >= 0.3 is 6.18 Å². The molecule has 2 aromatic carbocycles. The van der Waals surface area contributed by atoms with Crippen LogP contribution in [0.5, 0.6) is 11.5 Å². The Morgan fingerprint density at radius 3 is 2.54 bits per heavy atom. The molecule has 1 aromatic heterocycles. The molecule has 0 fully saturated rings. The number of aromatic nitrogens is 2. The first-order valence-electron chi connectivity index (χ1n) is 11.1. The third-order valence-electron chi connectivity index (χ3n) is 5.77. The number of anilines is 2. The quantitative estimate of drug-likeness (QED) is 0.471. The normalized spacial score (nSPS) is 15.3. The van der Waals surface area contributed by atoms with Crippen molar-refractivity contribution in [2.24, 2.45) is 0 Å². The van der Waals surface area contributed by atoms with E-state index in [0.717, 1.165) is 17.7 Å². The van der Waals surface area contributed by atoms with Crippen LogP contribution in [0.4, 0.5) is 24.7 Å². The van der Waals surface area contributed by atoms with Gasteiger partial charge in [-0.05, 0) is 57.5 Å². The predicted octanol–water partition coefficient (Wildman–Crippen LogP) is 5.81. The van der Waals surface area contributed by atoms with Crippen molar-refractivity contribution in [1.29, 1.82) is 0 Å². The number of alkyl halides is 3. The Labute approximate surface area is 201 Å². The number of ether oxygens (including phenoxy) is 2. The highest BCUT2D eigenvalue weighted by Gasteiger charge is 2.36. The number of fused-ring (bicyclic) bond motifs is 3. The molecular weight excluding hydrogens is 461 g/mol. The monoisotopic (exact) mass is 488 g/mol. The number of carbonyl (C=O) groups excluding carboxylic acids is 1. The van der Waals surface area contributed by atoms with Crippen LogP contribution in [0.1, 0.15) is 56.3 Å². The van der Waals surface area contributed by atoms with Gasteiger partial charge in [-0.2, -0.15) is 13.2 Å². The second-order valence-corrected chi connectivity index (χ2v) is 9.33. The second-order valence-electron chi connectivity index (χ2n) is 9.33. The van der Waals surface area contributed by atoms with Gasteiger partial charge in [-0.15, -0.1) is 0 Å². The Kier molecular flexibility index (Phi) is 6.02. The maximum absolute atomic E-state index is 13.5. The summed E-state index contributed by atoms with van der Waals surface area (Å²) in [6.07, 6.45) is -3.95. The maximum atomic E-state index is 13.5. The largest absolute Gasteiger partial charge is 0.493 e. The first-order chi connectivity index (χ1) is 16.3. The molecule has 2 N–H and O–H groups in total. The van der Waals surface area contributed by atoms with Gasteiger partial charge in [-0.3, -0.25) is 4.79 Å². The lowest BCUT2D eigenvalue weighted by atomic mass is 9.98. The third-order valence-corrected chi connectivity index (χ3v) is 5.77. The Balaban J connectivity index is 1.80. The minimum atomic E-state index is -4.57. The summed E-state index contributed by atoms with van der Waals surface area (Å²) in [7, 11) is 1.55.